The summed E-state index contributed by atoms with van der Waals surface area (Å²) in [7, 11) is 3.03. The minimum Gasteiger partial charge on any atom is -0.481 e. The molecule has 1 fully saturated rings. The van der Waals surface area contributed by atoms with Crippen molar-refractivity contribution in [3.05, 3.63) is 76.3 Å². The second-order valence-electron chi connectivity index (χ2n) is 13.7. The molecule has 1 saturated heterocycles. The number of halogens is 2. The number of nitrogens with zero attached hydrogens (tertiary/aromatic N) is 7. The van der Waals surface area contributed by atoms with Crippen molar-refractivity contribution in [2.75, 3.05) is 27.3 Å². The van der Waals surface area contributed by atoms with Crippen molar-refractivity contribution in [3.63, 3.8) is 0 Å². The average Bonchev–Trinajstić information content (AvgIpc) is 3.57. The lowest BCUT2D eigenvalue weighted by Gasteiger charge is -2.39. The van der Waals surface area contributed by atoms with Gasteiger partial charge < -0.3 is 29.1 Å². The molecule has 0 unspecified atom stereocenters. The van der Waals surface area contributed by atoms with Gasteiger partial charge in [-0.3, -0.25) is 9.78 Å². The third kappa shape index (κ3) is 8.02. The summed E-state index contributed by atoms with van der Waals surface area (Å²) in [6.45, 7) is 8.03. The zero-order valence-corrected chi connectivity index (χ0v) is 31.9. The van der Waals surface area contributed by atoms with E-state index < -0.39 is 11.7 Å². The molecule has 1 N–H and O–H groups in total. The zero-order valence-electron chi connectivity index (χ0n) is 30.4. The number of hydrogen-bond acceptors (Lipinski definition) is 10. The largest absolute Gasteiger partial charge is 0.481 e. The topological polar surface area (TPSA) is 145 Å². The van der Waals surface area contributed by atoms with Gasteiger partial charge in [0.1, 0.15) is 17.7 Å². The first-order valence-electron chi connectivity index (χ1n) is 17.1. The number of aliphatic hydroxyl groups excluding tert-OH is 1. The summed E-state index contributed by atoms with van der Waals surface area (Å²) < 4.78 is 18.6. The van der Waals surface area contributed by atoms with E-state index in [1.807, 2.05) is 57.2 Å². The smallest absolute Gasteiger partial charge is 0.410 e. The normalized spacial score (nSPS) is 13.6. The Kier molecular flexibility index (Phi) is 11.1. The molecule has 278 valence electrons. The lowest BCUT2D eigenvalue weighted by atomic mass is 10.00. The molecule has 5 heterocycles. The van der Waals surface area contributed by atoms with Crippen LogP contribution < -0.4 is 9.47 Å². The number of carbonyl (C=O) groups is 2. The predicted octanol–water partition coefficient (Wildman–Crippen LogP) is 7.08. The Bertz CT molecular complexity index is 2160. The van der Waals surface area contributed by atoms with Gasteiger partial charge in [-0.15, -0.1) is 5.10 Å². The van der Waals surface area contributed by atoms with Gasteiger partial charge >= 0.3 is 6.09 Å². The molecule has 4 aromatic heterocycles. The van der Waals surface area contributed by atoms with Gasteiger partial charge in [0.15, 0.2) is 5.82 Å². The van der Waals surface area contributed by atoms with Gasteiger partial charge in [-0.1, -0.05) is 41.4 Å². The molecule has 0 aliphatic carbocycles. The molecule has 0 radical (unpaired) electrons. The molecule has 0 atom stereocenters. The van der Waals surface area contributed by atoms with Crippen molar-refractivity contribution in [3.8, 4) is 45.4 Å². The number of aliphatic hydroxyl groups is 1. The summed E-state index contributed by atoms with van der Waals surface area (Å²) in [6, 6.07) is 12.8. The van der Waals surface area contributed by atoms with Gasteiger partial charge in [0.05, 0.1) is 42.2 Å². The fraction of sp³-hybridized carbons (Fsp3) is 0.368. The van der Waals surface area contributed by atoms with Gasteiger partial charge in [0.25, 0.3) is 0 Å². The summed E-state index contributed by atoms with van der Waals surface area (Å²) in [4.78, 5) is 42.6. The second-order valence-corrected chi connectivity index (χ2v) is 14.4. The maximum atomic E-state index is 13.5. The van der Waals surface area contributed by atoms with Crippen LogP contribution in [-0.4, -0.2) is 90.4 Å². The van der Waals surface area contributed by atoms with Gasteiger partial charge in [-0.25, -0.2) is 14.3 Å². The van der Waals surface area contributed by atoms with Crippen LogP contribution in [-0.2, 0) is 22.7 Å². The molecule has 1 aliphatic heterocycles. The van der Waals surface area contributed by atoms with Crippen LogP contribution in [0.5, 0.6) is 11.8 Å². The highest BCUT2D eigenvalue weighted by atomic mass is 35.5. The van der Waals surface area contributed by atoms with Crippen LogP contribution >= 0.6 is 23.2 Å². The molecule has 0 bridgehead atoms. The number of hydrogen-bond donors (Lipinski definition) is 1. The standard InChI is InChI=1S/C38H41Cl2N7O6/c1-22(49)45-16-13-25(14-17-45)46(37(50)53-38(2,3)4)19-23-10-11-29(42-35(23)51-5)28-9-7-8-26(32(28)39)27-12-15-41-34(33(27)40)24-18-30-36(52-6)43-31(21-48)44-47(30)20-24/h7-12,15,18,20,25,48H,13-14,16-17,19,21H2,1-6H3. The Labute approximate surface area is 317 Å². The Balaban J connectivity index is 1.32. The highest BCUT2D eigenvalue weighted by molar-refractivity contribution is 6.39. The van der Waals surface area contributed by atoms with Crippen molar-refractivity contribution in [2.24, 2.45) is 0 Å². The van der Waals surface area contributed by atoms with Crippen LogP contribution in [0, 0.1) is 0 Å². The van der Waals surface area contributed by atoms with Crippen LogP contribution in [0.25, 0.3) is 39.2 Å². The number of fused-ring (bicyclic) bond motifs is 1. The van der Waals surface area contributed by atoms with Crippen molar-refractivity contribution in [1.29, 1.82) is 0 Å². The number of amides is 2. The monoisotopic (exact) mass is 761 g/mol. The number of benzene rings is 1. The van der Waals surface area contributed by atoms with Gasteiger partial charge in [-0.05, 0) is 57.9 Å². The van der Waals surface area contributed by atoms with Gasteiger partial charge in [0.2, 0.25) is 17.7 Å². The number of rotatable bonds is 9. The summed E-state index contributed by atoms with van der Waals surface area (Å²) in [5.41, 5.74) is 4.27. The number of carbonyl (C=O) groups excluding carboxylic acids is 2. The quantitative estimate of drug-likeness (QED) is 0.165. The third-order valence-electron chi connectivity index (χ3n) is 8.99. The van der Waals surface area contributed by atoms with E-state index in [0.29, 0.717) is 92.5 Å². The first-order valence-corrected chi connectivity index (χ1v) is 17.8. The number of methoxy groups -OCH3 is 2. The zero-order chi connectivity index (χ0) is 38.0. The maximum absolute atomic E-state index is 13.5. The minimum atomic E-state index is -0.690. The number of ether oxygens (including phenoxy) is 3. The molecular formula is C38H41Cl2N7O6. The fourth-order valence-corrected chi connectivity index (χ4v) is 7.06. The molecule has 13 nitrogen and oxygen atoms in total. The highest BCUT2D eigenvalue weighted by Crippen LogP contribution is 2.42. The number of piperidine rings is 1. The van der Waals surface area contributed by atoms with E-state index in [2.05, 4.69) is 15.1 Å². The predicted molar refractivity (Wildman–Crippen MR) is 201 cm³/mol. The number of likely N-dealkylation sites (tertiary alicyclic amines) is 1. The molecule has 0 saturated carbocycles. The highest BCUT2D eigenvalue weighted by Gasteiger charge is 2.33. The van der Waals surface area contributed by atoms with Gasteiger partial charge in [-0.2, -0.15) is 4.98 Å². The maximum Gasteiger partial charge on any atom is 0.410 e. The lowest BCUT2D eigenvalue weighted by Crippen LogP contribution is -2.49. The minimum absolute atomic E-state index is 0.0206. The van der Waals surface area contributed by atoms with Crippen LogP contribution in [0.2, 0.25) is 10.0 Å². The van der Waals surface area contributed by atoms with Crippen molar-refractivity contribution in [2.45, 2.75) is 65.3 Å². The summed E-state index contributed by atoms with van der Waals surface area (Å²) >= 11 is 14.2. The van der Waals surface area contributed by atoms with Crippen LogP contribution in [0.1, 0.15) is 51.9 Å². The first-order chi connectivity index (χ1) is 25.3. The Morgan fingerprint density at radius 3 is 2.32 bits per heavy atom. The summed E-state index contributed by atoms with van der Waals surface area (Å²) in [6.07, 6.45) is 4.21. The average molecular weight is 763 g/mol. The number of pyridine rings is 2. The summed E-state index contributed by atoms with van der Waals surface area (Å²) in [5, 5.41) is 14.7. The Hall–Kier alpha value is -4.98. The van der Waals surface area contributed by atoms with Crippen LogP contribution in [0.3, 0.4) is 0 Å². The van der Waals surface area contributed by atoms with Crippen molar-refractivity contribution in [1.82, 2.24) is 34.4 Å². The third-order valence-corrected chi connectivity index (χ3v) is 9.78. The Morgan fingerprint density at radius 1 is 0.962 bits per heavy atom. The van der Waals surface area contributed by atoms with E-state index in [9.17, 15) is 14.7 Å². The molecule has 53 heavy (non-hydrogen) atoms. The van der Waals surface area contributed by atoms with E-state index in [4.69, 9.17) is 42.4 Å². The Morgan fingerprint density at radius 2 is 1.66 bits per heavy atom. The van der Waals surface area contributed by atoms with E-state index >= 15 is 0 Å². The lowest BCUT2D eigenvalue weighted by molar-refractivity contribution is -0.130. The summed E-state index contributed by atoms with van der Waals surface area (Å²) in [5.74, 6) is 0.872. The van der Waals surface area contributed by atoms with E-state index in [0.717, 1.165) is 0 Å². The molecule has 1 aliphatic rings. The molecule has 1 aromatic carbocycles. The van der Waals surface area contributed by atoms with Crippen molar-refractivity contribution < 1.29 is 28.9 Å². The van der Waals surface area contributed by atoms with E-state index in [-0.39, 0.29) is 30.9 Å². The molecule has 2 amide bonds. The van der Waals surface area contributed by atoms with E-state index in [1.165, 1.54) is 14.2 Å². The first kappa shape index (κ1) is 37.8. The van der Waals surface area contributed by atoms with Crippen LogP contribution in [0.15, 0.2) is 54.9 Å². The van der Waals surface area contributed by atoms with Crippen LogP contribution in [0.4, 0.5) is 4.79 Å². The molecular weight excluding hydrogens is 721 g/mol. The molecule has 0 spiro atoms. The van der Waals surface area contributed by atoms with Crippen molar-refractivity contribution >= 4 is 40.7 Å². The molecule has 15 heteroatoms. The second kappa shape index (κ2) is 15.6. The molecule has 6 rings (SSSR count). The fourth-order valence-electron chi connectivity index (χ4n) is 6.41. The van der Waals surface area contributed by atoms with E-state index in [1.54, 1.807) is 39.7 Å². The number of aromatic nitrogens is 5. The van der Waals surface area contributed by atoms with Gasteiger partial charge in [0, 0.05) is 66.3 Å². The molecule has 5 aromatic rings. The SMILES string of the molecule is COc1nc(-c2cccc(-c3ccnc(-c4cc5c(OC)nc(CO)nn5c4)c3Cl)c2Cl)ccc1CN(C(=O)OC(C)(C)C)C1CCN(C(C)=O)CC1.